The number of esters is 1. The zero-order valence-corrected chi connectivity index (χ0v) is 15.9. The lowest BCUT2D eigenvalue weighted by atomic mass is 10.2. The molecule has 6 nitrogen and oxygen atoms in total. The fraction of sp³-hybridized carbons (Fsp3) is 0.278. The number of cyclic esters (lactones) is 1. The molecule has 0 N–H and O–H groups in total. The van der Waals surface area contributed by atoms with Crippen molar-refractivity contribution in [3.05, 3.63) is 52.2 Å². The van der Waals surface area contributed by atoms with Crippen molar-refractivity contribution < 1.29 is 22.7 Å². The Labute approximate surface area is 156 Å². The Hall–Kier alpha value is -2.16. The number of ether oxygens (including phenoxy) is 2. The summed E-state index contributed by atoms with van der Waals surface area (Å²) in [6.45, 7) is -0.00172. The molecule has 8 heteroatoms. The van der Waals surface area contributed by atoms with E-state index in [-0.39, 0.29) is 24.6 Å². The predicted molar refractivity (Wildman–Crippen MR) is 99.8 cm³/mol. The Morgan fingerprint density at radius 2 is 1.96 bits per heavy atom. The van der Waals surface area contributed by atoms with Crippen molar-refractivity contribution in [2.75, 3.05) is 26.8 Å². The minimum absolute atomic E-state index is 0.116. The van der Waals surface area contributed by atoms with E-state index in [9.17, 15) is 13.2 Å². The zero-order valence-electron chi connectivity index (χ0n) is 14.3. The molecule has 0 atom stereocenters. The summed E-state index contributed by atoms with van der Waals surface area (Å²) < 4.78 is 37.3. The average molecular weight is 393 g/mol. The molecule has 0 radical (unpaired) electrons. The van der Waals surface area contributed by atoms with Crippen LogP contribution in [0.1, 0.15) is 10.4 Å². The number of rotatable bonds is 3. The first-order valence-electron chi connectivity index (χ1n) is 8.03. The largest absolute Gasteiger partial charge is 0.497 e. The molecule has 1 aliphatic heterocycles. The molecule has 2 aromatic rings. The first-order valence-corrected chi connectivity index (χ1v) is 10.4. The summed E-state index contributed by atoms with van der Waals surface area (Å²) in [5.74, 6) is -0.00732. The van der Waals surface area contributed by atoms with E-state index < -0.39 is 16.0 Å². The van der Waals surface area contributed by atoms with Crippen molar-refractivity contribution >= 4 is 33.4 Å². The SMILES string of the molecule is COc1ccc(S(=O)(=O)N2CCc3sccc3C=CCOC(=O)C2)cc1. The van der Waals surface area contributed by atoms with Gasteiger partial charge in [-0.2, -0.15) is 4.31 Å². The van der Waals surface area contributed by atoms with Gasteiger partial charge in [-0.3, -0.25) is 4.79 Å². The third-order valence-corrected chi connectivity index (χ3v) is 6.86. The molecular weight excluding hydrogens is 374 g/mol. The lowest BCUT2D eigenvalue weighted by Gasteiger charge is -2.21. The maximum atomic E-state index is 13.0. The monoisotopic (exact) mass is 393 g/mol. The van der Waals surface area contributed by atoms with Crippen LogP contribution in [0.2, 0.25) is 0 Å². The van der Waals surface area contributed by atoms with Crippen LogP contribution in [0.15, 0.2) is 46.7 Å². The Kier molecular flexibility index (Phi) is 5.75. The van der Waals surface area contributed by atoms with E-state index in [4.69, 9.17) is 9.47 Å². The normalized spacial score (nSPS) is 16.4. The van der Waals surface area contributed by atoms with Gasteiger partial charge in [0.25, 0.3) is 0 Å². The highest BCUT2D eigenvalue weighted by molar-refractivity contribution is 7.89. The topological polar surface area (TPSA) is 72.9 Å². The number of sulfonamides is 1. The van der Waals surface area contributed by atoms with Crippen LogP contribution < -0.4 is 4.74 Å². The number of methoxy groups -OCH3 is 1. The third kappa shape index (κ3) is 4.14. The molecule has 2 heterocycles. The number of hydrogen-bond donors (Lipinski definition) is 0. The summed E-state index contributed by atoms with van der Waals surface area (Å²) >= 11 is 1.57. The number of nitrogens with zero attached hydrogens (tertiary/aromatic N) is 1. The Morgan fingerprint density at radius 1 is 1.19 bits per heavy atom. The maximum absolute atomic E-state index is 13.0. The summed E-state index contributed by atoms with van der Waals surface area (Å²) in [6, 6.07) is 8.08. The second kappa shape index (κ2) is 8.03. The van der Waals surface area contributed by atoms with Crippen LogP contribution in [0.3, 0.4) is 0 Å². The summed E-state index contributed by atoms with van der Waals surface area (Å²) in [5, 5.41) is 1.97. The molecule has 0 saturated heterocycles. The minimum Gasteiger partial charge on any atom is -0.497 e. The lowest BCUT2D eigenvalue weighted by Crippen LogP contribution is -2.37. The van der Waals surface area contributed by atoms with Crippen molar-refractivity contribution in [3.8, 4) is 5.75 Å². The Bertz CT molecular complexity index is 900. The van der Waals surface area contributed by atoms with Gasteiger partial charge in [0.15, 0.2) is 0 Å². The van der Waals surface area contributed by atoms with Gasteiger partial charge in [-0.1, -0.05) is 6.08 Å². The third-order valence-electron chi connectivity index (χ3n) is 4.01. The highest BCUT2D eigenvalue weighted by atomic mass is 32.2. The van der Waals surface area contributed by atoms with E-state index in [1.807, 2.05) is 17.5 Å². The standard InChI is InChI=1S/C18H19NO5S2/c1-23-15-4-6-16(7-5-15)26(21,22)19-10-8-17-14(9-12-25-17)3-2-11-24-18(20)13-19/h2-7,9,12H,8,10-11,13H2,1H3. The van der Waals surface area contributed by atoms with Gasteiger partial charge in [0.05, 0.1) is 12.0 Å². The molecule has 0 bridgehead atoms. The first kappa shape index (κ1) is 18.6. The van der Waals surface area contributed by atoms with Crippen LogP contribution >= 0.6 is 11.3 Å². The second-order valence-electron chi connectivity index (χ2n) is 5.65. The molecule has 0 unspecified atom stereocenters. The van der Waals surface area contributed by atoms with Gasteiger partial charge < -0.3 is 9.47 Å². The van der Waals surface area contributed by atoms with Crippen LogP contribution in [0.4, 0.5) is 0 Å². The number of fused-ring (bicyclic) bond motifs is 1. The van der Waals surface area contributed by atoms with Gasteiger partial charge in [0.2, 0.25) is 10.0 Å². The fourth-order valence-corrected chi connectivity index (χ4v) is 4.86. The molecule has 138 valence electrons. The van der Waals surface area contributed by atoms with Gasteiger partial charge in [-0.25, -0.2) is 8.42 Å². The molecule has 26 heavy (non-hydrogen) atoms. The number of hydrogen-bond acceptors (Lipinski definition) is 6. The number of thiophene rings is 1. The van der Waals surface area contributed by atoms with Crippen LogP contribution in [-0.2, 0) is 26.0 Å². The van der Waals surface area contributed by atoms with Crippen molar-refractivity contribution in [3.63, 3.8) is 0 Å². The molecule has 1 aliphatic rings. The molecule has 0 spiro atoms. The quantitative estimate of drug-likeness (QED) is 0.750. The summed E-state index contributed by atoms with van der Waals surface area (Å²) in [5.41, 5.74) is 1.02. The summed E-state index contributed by atoms with van der Waals surface area (Å²) in [6.07, 6.45) is 4.18. The van der Waals surface area contributed by atoms with Gasteiger partial charge >= 0.3 is 5.97 Å². The van der Waals surface area contributed by atoms with Crippen LogP contribution in [0, 0.1) is 0 Å². The van der Waals surface area contributed by atoms with E-state index in [2.05, 4.69) is 0 Å². The van der Waals surface area contributed by atoms with E-state index in [1.54, 1.807) is 29.5 Å². The van der Waals surface area contributed by atoms with Gasteiger partial charge in [0, 0.05) is 11.4 Å². The number of benzene rings is 1. The van der Waals surface area contributed by atoms with Crippen molar-refractivity contribution in [1.82, 2.24) is 4.31 Å². The smallest absolute Gasteiger partial charge is 0.321 e. The molecule has 0 fully saturated rings. The van der Waals surface area contributed by atoms with Crippen molar-refractivity contribution in [2.24, 2.45) is 0 Å². The van der Waals surface area contributed by atoms with E-state index in [0.717, 1.165) is 10.4 Å². The summed E-state index contributed by atoms with van der Waals surface area (Å²) in [7, 11) is -2.31. The van der Waals surface area contributed by atoms with Crippen molar-refractivity contribution in [2.45, 2.75) is 11.3 Å². The first-order chi connectivity index (χ1) is 12.5. The van der Waals surface area contributed by atoms with Gasteiger partial charge in [0.1, 0.15) is 18.9 Å². The number of carbonyl (C=O) groups excluding carboxylic acids is 1. The maximum Gasteiger partial charge on any atom is 0.321 e. The molecule has 0 saturated carbocycles. The molecule has 0 aliphatic carbocycles. The predicted octanol–water partition coefficient (Wildman–Crippen LogP) is 2.56. The fourth-order valence-electron chi connectivity index (χ4n) is 2.62. The molecular formula is C18H19NO5S2. The average Bonchev–Trinajstić information content (AvgIpc) is 3.08. The van der Waals surface area contributed by atoms with Crippen molar-refractivity contribution in [1.29, 1.82) is 0 Å². The Balaban J connectivity index is 1.89. The highest BCUT2D eigenvalue weighted by Crippen LogP contribution is 2.23. The highest BCUT2D eigenvalue weighted by Gasteiger charge is 2.27. The molecule has 0 amide bonds. The van der Waals surface area contributed by atoms with Crippen LogP contribution in [0.25, 0.3) is 6.08 Å². The van der Waals surface area contributed by atoms with Crippen LogP contribution in [0.5, 0.6) is 5.75 Å². The summed E-state index contributed by atoms with van der Waals surface area (Å²) in [4.78, 5) is 13.2. The van der Waals surface area contributed by atoms with Gasteiger partial charge in [-0.15, -0.1) is 11.3 Å². The minimum atomic E-state index is -3.82. The van der Waals surface area contributed by atoms with Crippen LogP contribution in [-0.4, -0.2) is 45.5 Å². The number of carbonyl (C=O) groups is 1. The lowest BCUT2D eigenvalue weighted by molar-refractivity contribution is -0.142. The molecule has 1 aromatic carbocycles. The molecule has 3 rings (SSSR count). The zero-order chi connectivity index (χ0) is 18.6. The van der Waals surface area contributed by atoms with E-state index >= 15 is 0 Å². The van der Waals surface area contributed by atoms with Gasteiger partial charge in [-0.05, 0) is 53.8 Å². The molecule has 1 aromatic heterocycles. The second-order valence-corrected chi connectivity index (χ2v) is 8.59. The van der Waals surface area contributed by atoms with E-state index in [0.29, 0.717) is 12.2 Å². The van der Waals surface area contributed by atoms with E-state index in [1.165, 1.54) is 23.5 Å². The Morgan fingerprint density at radius 3 is 2.69 bits per heavy atom.